The lowest BCUT2D eigenvalue weighted by Gasteiger charge is -2.18. The third kappa shape index (κ3) is 3.96. The van der Waals surface area contributed by atoms with Crippen LogP contribution in [0.25, 0.3) is 11.3 Å². The quantitative estimate of drug-likeness (QED) is 0.874. The van der Waals surface area contributed by atoms with Crippen molar-refractivity contribution < 1.29 is 9.53 Å². The fourth-order valence-electron chi connectivity index (χ4n) is 3.61. The van der Waals surface area contributed by atoms with Crippen LogP contribution in [0.4, 0.5) is 0 Å². The van der Waals surface area contributed by atoms with Crippen LogP contribution in [0.15, 0.2) is 41.7 Å². The zero-order chi connectivity index (χ0) is 17.8. The Labute approximate surface area is 158 Å². The molecule has 138 valence electrons. The van der Waals surface area contributed by atoms with E-state index >= 15 is 0 Å². The third-order valence-corrected chi connectivity index (χ3v) is 6.30. The molecular weight excluding hydrogens is 346 g/mol. The average Bonchev–Trinajstić information content (AvgIpc) is 3.27. The van der Waals surface area contributed by atoms with Gasteiger partial charge in [-0.3, -0.25) is 4.79 Å². The van der Waals surface area contributed by atoms with Gasteiger partial charge < -0.3 is 14.6 Å². The number of carbonyl (C=O) groups excluding carboxylic acids is 1. The van der Waals surface area contributed by atoms with Gasteiger partial charge in [0.05, 0.1) is 29.8 Å². The Hall–Kier alpha value is -1.79. The van der Waals surface area contributed by atoms with E-state index in [2.05, 4.69) is 27.0 Å². The topological polar surface area (TPSA) is 56.2 Å². The third-order valence-electron chi connectivity index (χ3n) is 5.03. The first-order valence-electron chi connectivity index (χ1n) is 9.48. The highest BCUT2D eigenvalue weighted by molar-refractivity contribution is 8.00. The number of benzene rings is 1. The lowest BCUT2D eigenvalue weighted by atomic mass is 10.1. The van der Waals surface area contributed by atoms with Gasteiger partial charge in [0, 0.05) is 13.2 Å². The second kappa shape index (κ2) is 8.27. The summed E-state index contributed by atoms with van der Waals surface area (Å²) < 4.78 is 8.11. The number of amides is 1. The van der Waals surface area contributed by atoms with Gasteiger partial charge >= 0.3 is 0 Å². The van der Waals surface area contributed by atoms with E-state index in [1.165, 1.54) is 0 Å². The molecular formula is C20H25N3O2S. The molecule has 2 saturated heterocycles. The lowest BCUT2D eigenvalue weighted by Crippen LogP contribution is -2.31. The maximum Gasteiger partial charge on any atom is 0.233 e. The lowest BCUT2D eigenvalue weighted by molar-refractivity contribution is -0.120. The molecule has 0 unspecified atom stereocenters. The molecule has 0 radical (unpaired) electrons. The summed E-state index contributed by atoms with van der Waals surface area (Å²) in [5.74, 6) is 0.139. The first-order valence-corrected chi connectivity index (χ1v) is 10.4. The summed E-state index contributed by atoms with van der Waals surface area (Å²) in [4.78, 5) is 17.0. The first-order chi connectivity index (χ1) is 12.8. The molecule has 5 nitrogen and oxygen atoms in total. The fourth-order valence-corrected chi connectivity index (χ4v) is 4.75. The van der Waals surface area contributed by atoms with Gasteiger partial charge in [0.25, 0.3) is 0 Å². The van der Waals surface area contributed by atoms with Crippen molar-refractivity contribution >= 4 is 17.7 Å². The van der Waals surface area contributed by atoms with Crippen LogP contribution in [0, 0.1) is 0 Å². The number of rotatable bonds is 5. The Balaban J connectivity index is 1.62. The molecule has 0 aliphatic carbocycles. The van der Waals surface area contributed by atoms with Gasteiger partial charge in [-0.2, -0.15) is 0 Å². The van der Waals surface area contributed by atoms with E-state index in [1.807, 2.05) is 24.4 Å². The van der Waals surface area contributed by atoms with Crippen LogP contribution in [0.3, 0.4) is 0 Å². The molecule has 1 aromatic carbocycles. The van der Waals surface area contributed by atoms with E-state index in [0.717, 1.165) is 68.2 Å². The highest BCUT2D eigenvalue weighted by atomic mass is 32.2. The molecule has 1 aromatic heterocycles. The van der Waals surface area contributed by atoms with E-state index in [0.29, 0.717) is 0 Å². The Bertz CT molecular complexity index is 741. The number of thioether (sulfide) groups is 1. The Morgan fingerprint density at radius 3 is 2.88 bits per heavy atom. The first kappa shape index (κ1) is 17.6. The van der Waals surface area contributed by atoms with Gasteiger partial charge in [-0.15, -0.1) is 0 Å². The predicted octanol–water partition coefficient (Wildman–Crippen LogP) is 3.49. The maximum atomic E-state index is 12.4. The Morgan fingerprint density at radius 2 is 2.08 bits per heavy atom. The summed E-state index contributed by atoms with van der Waals surface area (Å²) in [5, 5.41) is 3.88. The molecule has 2 atom stereocenters. The number of hydrogen-bond donors (Lipinski definition) is 1. The van der Waals surface area contributed by atoms with Crippen LogP contribution in [-0.2, 0) is 16.1 Å². The van der Waals surface area contributed by atoms with Gasteiger partial charge in [0.1, 0.15) is 0 Å². The summed E-state index contributed by atoms with van der Waals surface area (Å²) in [6.45, 7) is 2.42. The summed E-state index contributed by atoms with van der Waals surface area (Å²) in [6.07, 6.45) is 7.41. The molecule has 2 aromatic rings. The summed E-state index contributed by atoms with van der Waals surface area (Å²) >= 11 is 1.60. The highest BCUT2D eigenvalue weighted by Crippen LogP contribution is 2.32. The Morgan fingerprint density at radius 1 is 1.19 bits per heavy atom. The molecule has 0 spiro atoms. The van der Waals surface area contributed by atoms with Gasteiger partial charge in [-0.05, 0) is 31.2 Å². The number of carbonyl (C=O) groups is 1. The summed E-state index contributed by atoms with van der Waals surface area (Å²) in [7, 11) is 0. The normalized spacial score (nSPS) is 23.6. The molecule has 0 bridgehead atoms. The van der Waals surface area contributed by atoms with Crippen molar-refractivity contribution in [1.82, 2.24) is 14.9 Å². The zero-order valence-electron chi connectivity index (χ0n) is 14.9. The van der Waals surface area contributed by atoms with Crippen LogP contribution in [0.2, 0.25) is 0 Å². The SMILES string of the molecule is O=C1NCCCC[C@H]1Sc1ncc(-c2ccccc2)n1C[C@@H]1CCCO1. The van der Waals surface area contributed by atoms with E-state index < -0.39 is 0 Å². The molecule has 2 fully saturated rings. The van der Waals surface area contributed by atoms with Crippen molar-refractivity contribution in [3.63, 3.8) is 0 Å². The second-order valence-electron chi connectivity index (χ2n) is 6.93. The van der Waals surface area contributed by atoms with Gasteiger partial charge in [-0.25, -0.2) is 4.98 Å². The van der Waals surface area contributed by atoms with Gasteiger partial charge in [-0.1, -0.05) is 48.5 Å². The molecule has 4 rings (SSSR count). The van der Waals surface area contributed by atoms with Crippen LogP contribution >= 0.6 is 11.8 Å². The van der Waals surface area contributed by atoms with Crippen LogP contribution < -0.4 is 5.32 Å². The monoisotopic (exact) mass is 371 g/mol. The molecule has 0 saturated carbocycles. The van der Waals surface area contributed by atoms with Crippen molar-refractivity contribution in [2.45, 2.75) is 55.2 Å². The van der Waals surface area contributed by atoms with Crippen molar-refractivity contribution in [2.24, 2.45) is 0 Å². The van der Waals surface area contributed by atoms with Crippen molar-refractivity contribution in [3.05, 3.63) is 36.5 Å². The van der Waals surface area contributed by atoms with Crippen molar-refractivity contribution in [3.8, 4) is 11.3 Å². The summed E-state index contributed by atoms with van der Waals surface area (Å²) in [5.41, 5.74) is 2.24. The van der Waals surface area contributed by atoms with E-state index in [9.17, 15) is 4.79 Å². The standard InChI is InChI=1S/C20H25N3O2S/c24-19-18(10-4-5-11-21-19)26-20-22-13-17(15-7-2-1-3-8-15)23(20)14-16-9-6-12-25-16/h1-3,7-8,13,16,18H,4-6,9-12,14H2,(H,21,24)/t16-,18+/m0/s1. The molecule has 26 heavy (non-hydrogen) atoms. The minimum absolute atomic E-state index is 0.0632. The van der Waals surface area contributed by atoms with Gasteiger partial charge in [0.15, 0.2) is 5.16 Å². The summed E-state index contributed by atoms with van der Waals surface area (Å²) in [6, 6.07) is 10.3. The number of nitrogens with zero attached hydrogens (tertiary/aromatic N) is 2. The zero-order valence-corrected chi connectivity index (χ0v) is 15.7. The van der Waals surface area contributed by atoms with Crippen molar-refractivity contribution in [2.75, 3.05) is 13.2 Å². The van der Waals surface area contributed by atoms with Crippen LogP contribution in [0.1, 0.15) is 32.1 Å². The second-order valence-corrected chi connectivity index (χ2v) is 8.10. The molecule has 2 aliphatic heterocycles. The molecule has 2 aliphatic rings. The minimum Gasteiger partial charge on any atom is -0.376 e. The molecule has 1 amide bonds. The van der Waals surface area contributed by atoms with E-state index in [1.54, 1.807) is 11.8 Å². The number of aromatic nitrogens is 2. The fraction of sp³-hybridized carbons (Fsp3) is 0.500. The largest absolute Gasteiger partial charge is 0.376 e. The Kier molecular flexibility index (Phi) is 5.60. The smallest absolute Gasteiger partial charge is 0.233 e. The van der Waals surface area contributed by atoms with Gasteiger partial charge in [0.2, 0.25) is 5.91 Å². The number of hydrogen-bond acceptors (Lipinski definition) is 4. The van der Waals surface area contributed by atoms with E-state index in [4.69, 9.17) is 4.74 Å². The molecule has 3 heterocycles. The van der Waals surface area contributed by atoms with Crippen LogP contribution in [-0.4, -0.2) is 40.0 Å². The van der Waals surface area contributed by atoms with E-state index in [-0.39, 0.29) is 17.3 Å². The maximum absolute atomic E-state index is 12.4. The molecule has 6 heteroatoms. The average molecular weight is 372 g/mol. The minimum atomic E-state index is -0.0632. The number of nitrogens with one attached hydrogen (secondary N) is 1. The molecule has 1 N–H and O–H groups in total. The van der Waals surface area contributed by atoms with Crippen LogP contribution in [0.5, 0.6) is 0 Å². The highest BCUT2D eigenvalue weighted by Gasteiger charge is 2.26. The number of imidazole rings is 1. The number of ether oxygens (including phenoxy) is 1. The van der Waals surface area contributed by atoms with Crippen molar-refractivity contribution in [1.29, 1.82) is 0 Å². The predicted molar refractivity (Wildman–Crippen MR) is 103 cm³/mol.